The molecule has 0 unspecified atom stereocenters. The molecule has 1 rings (SSSR count). The van der Waals surface area contributed by atoms with Gasteiger partial charge in [0.15, 0.2) is 0 Å². The molecule has 0 heterocycles. The van der Waals surface area contributed by atoms with Crippen molar-refractivity contribution in [2.24, 2.45) is 0 Å². The van der Waals surface area contributed by atoms with Crippen LogP contribution in [0.25, 0.3) is 0 Å². The van der Waals surface area contributed by atoms with Crippen molar-refractivity contribution in [3.05, 3.63) is 41.2 Å². The minimum absolute atomic E-state index is 0.251. The van der Waals surface area contributed by atoms with Crippen molar-refractivity contribution < 1.29 is 9.18 Å². The van der Waals surface area contributed by atoms with Crippen LogP contribution in [0.4, 0.5) is 10.1 Å². The molecule has 0 fully saturated rings. The molecule has 1 N–H and O–H groups in total. The van der Waals surface area contributed by atoms with Gasteiger partial charge >= 0.3 is 0 Å². The van der Waals surface area contributed by atoms with Crippen LogP contribution in [0.3, 0.4) is 0 Å². The molecule has 2 nitrogen and oxygen atoms in total. The Morgan fingerprint density at radius 3 is 2.79 bits per heavy atom. The lowest BCUT2D eigenvalue weighted by atomic mass is 10.3. The van der Waals surface area contributed by atoms with Crippen LogP contribution >= 0.6 is 11.6 Å². The number of carbonyl (C=O) groups excluding carboxylic acids is 1. The fourth-order valence-electron chi connectivity index (χ4n) is 0.961. The van der Waals surface area contributed by atoms with Crippen LogP contribution in [0.2, 0.25) is 5.02 Å². The van der Waals surface area contributed by atoms with E-state index in [0.29, 0.717) is 5.69 Å². The lowest BCUT2D eigenvalue weighted by molar-refractivity contribution is -0.111. The number of benzene rings is 1. The van der Waals surface area contributed by atoms with Crippen LogP contribution in [0.5, 0.6) is 0 Å². The van der Waals surface area contributed by atoms with Gasteiger partial charge in [-0.25, -0.2) is 4.39 Å². The van der Waals surface area contributed by atoms with Gasteiger partial charge in [-0.1, -0.05) is 17.7 Å². The molecule has 0 atom stereocenters. The van der Waals surface area contributed by atoms with Gasteiger partial charge in [0, 0.05) is 10.7 Å². The molecule has 0 aliphatic heterocycles. The predicted molar refractivity (Wildman–Crippen MR) is 54.9 cm³/mol. The third kappa shape index (κ3) is 3.18. The Kier molecular flexibility index (Phi) is 3.65. The van der Waals surface area contributed by atoms with Gasteiger partial charge in [0.2, 0.25) is 5.91 Å². The largest absolute Gasteiger partial charge is 0.322 e. The van der Waals surface area contributed by atoms with E-state index in [-0.39, 0.29) is 10.9 Å². The first kappa shape index (κ1) is 10.7. The number of amides is 1. The Bertz CT molecular complexity index is 356. The highest BCUT2D eigenvalue weighted by Gasteiger charge is 2.01. The van der Waals surface area contributed by atoms with Crippen molar-refractivity contribution in [1.82, 2.24) is 0 Å². The molecule has 0 radical (unpaired) electrons. The summed E-state index contributed by atoms with van der Waals surface area (Å²) in [5.41, 5.74) is 0.345. The number of anilines is 1. The average Bonchev–Trinajstić information content (AvgIpc) is 2.01. The van der Waals surface area contributed by atoms with Crippen LogP contribution in [0, 0.1) is 5.82 Å². The molecule has 0 aliphatic rings. The van der Waals surface area contributed by atoms with Gasteiger partial charge in [-0.05, 0) is 31.2 Å². The Morgan fingerprint density at radius 2 is 2.21 bits per heavy atom. The summed E-state index contributed by atoms with van der Waals surface area (Å²) in [6, 6.07) is 3.85. The quantitative estimate of drug-likeness (QED) is 0.752. The van der Waals surface area contributed by atoms with Gasteiger partial charge in [-0.3, -0.25) is 4.79 Å². The molecular weight excluding hydrogens is 205 g/mol. The number of nitrogens with one attached hydrogen (secondary N) is 1. The van der Waals surface area contributed by atoms with Gasteiger partial charge in [0.25, 0.3) is 0 Å². The van der Waals surface area contributed by atoms with E-state index in [1.807, 2.05) is 0 Å². The van der Waals surface area contributed by atoms with Crippen molar-refractivity contribution in [2.75, 3.05) is 5.32 Å². The van der Waals surface area contributed by atoms with Crippen LogP contribution in [0.1, 0.15) is 6.92 Å². The highest BCUT2D eigenvalue weighted by molar-refractivity contribution is 6.30. The van der Waals surface area contributed by atoms with E-state index in [0.717, 1.165) is 0 Å². The maximum Gasteiger partial charge on any atom is 0.248 e. The smallest absolute Gasteiger partial charge is 0.248 e. The Balaban J connectivity index is 2.81. The minimum Gasteiger partial charge on any atom is -0.322 e. The van der Waals surface area contributed by atoms with E-state index >= 15 is 0 Å². The monoisotopic (exact) mass is 213 g/mol. The molecule has 0 saturated heterocycles. The first-order valence-electron chi connectivity index (χ1n) is 4.01. The Morgan fingerprint density at radius 1 is 1.50 bits per heavy atom. The molecule has 1 aromatic rings. The van der Waals surface area contributed by atoms with Crippen molar-refractivity contribution in [3.8, 4) is 0 Å². The number of hydrogen-bond acceptors (Lipinski definition) is 1. The summed E-state index contributed by atoms with van der Waals surface area (Å²) in [7, 11) is 0. The molecule has 14 heavy (non-hydrogen) atoms. The van der Waals surface area contributed by atoms with Crippen LogP contribution in [0.15, 0.2) is 30.4 Å². The first-order valence-corrected chi connectivity index (χ1v) is 4.39. The molecule has 1 aromatic carbocycles. The number of rotatable bonds is 2. The highest BCUT2D eigenvalue weighted by atomic mass is 35.5. The lowest BCUT2D eigenvalue weighted by Crippen LogP contribution is -2.07. The minimum atomic E-state index is -0.478. The second kappa shape index (κ2) is 4.77. The molecule has 4 heteroatoms. The molecule has 0 spiro atoms. The summed E-state index contributed by atoms with van der Waals surface area (Å²) in [4.78, 5) is 11.1. The summed E-state index contributed by atoms with van der Waals surface area (Å²) in [6.07, 6.45) is 2.94. The van der Waals surface area contributed by atoms with Crippen molar-refractivity contribution >= 4 is 23.2 Å². The standard InChI is InChI=1S/C10H9ClFNO/c1-2-3-10(14)13-9-5-7(11)4-8(12)6-9/h2-6H,1H3,(H,13,14)/b3-2+. The third-order valence-electron chi connectivity index (χ3n) is 1.45. The summed E-state index contributed by atoms with van der Waals surface area (Å²) >= 11 is 5.60. The van der Waals surface area contributed by atoms with E-state index in [2.05, 4.69) is 5.32 Å². The zero-order valence-electron chi connectivity index (χ0n) is 7.55. The summed E-state index contributed by atoms with van der Waals surface area (Å²) in [5.74, 6) is -0.789. The van der Waals surface area contributed by atoms with Gasteiger partial charge in [-0.15, -0.1) is 0 Å². The van der Waals surface area contributed by atoms with Gasteiger partial charge in [-0.2, -0.15) is 0 Å². The number of halogens is 2. The van der Waals surface area contributed by atoms with E-state index in [4.69, 9.17) is 11.6 Å². The maximum absolute atomic E-state index is 12.8. The summed E-state index contributed by atoms with van der Waals surface area (Å²) < 4.78 is 12.8. The highest BCUT2D eigenvalue weighted by Crippen LogP contribution is 2.17. The fourth-order valence-corrected chi connectivity index (χ4v) is 1.18. The average molecular weight is 214 g/mol. The molecule has 0 saturated carbocycles. The molecular formula is C10H9ClFNO. The second-order valence-corrected chi connectivity index (χ2v) is 3.08. The number of hydrogen-bond donors (Lipinski definition) is 1. The van der Waals surface area contributed by atoms with Crippen molar-refractivity contribution in [3.63, 3.8) is 0 Å². The fraction of sp³-hybridized carbons (Fsp3) is 0.100. The number of carbonyl (C=O) groups is 1. The summed E-state index contributed by atoms with van der Waals surface area (Å²) in [6.45, 7) is 1.72. The van der Waals surface area contributed by atoms with E-state index in [1.165, 1.54) is 24.3 Å². The molecule has 0 aliphatic carbocycles. The topological polar surface area (TPSA) is 29.1 Å². The Hall–Kier alpha value is -1.35. The third-order valence-corrected chi connectivity index (χ3v) is 1.67. The number of allylic oxidation sites excluding steroid dienone is 1. The van der Waals surface area contributed by atoms with Crippen LogP contribution in [-0.4, -0.2) is 5.91 Å². The van der Waals surface area contributed by atoms with Crippen molar-refractivity contribution in [1.29, 1.82) is 0 Å². The maximum atomic E-state index is 12.8. The Labute approximate surface area is 86.4 Å². The lowest BCUT2D eigenvalue weighted by Gasteiger charge is -2.02. The zero-order chi connectivity index (χ0) is 10.6. The first-order chi connectivity index (χ1) is 6.61. The SMILES string of the molecule is C/C=C/C(=O)Nc1cc(F)cc(Cl)c1. The van der Waals surface area contributed by atoms with E-state index in [9.17, 15) is 9.18 Å². The molecule has 0 bridgehead atoms. The zero-order valence-corrected chi connectivity index (χ0v) is 8.31. The van der Waals surface area contributed by atoms with E-state index in [1.54, 1.807) is 13.0 Å². The summed E-state index contributed by atoms with van der Waals surface area (Å²) in [5, 5.41) is 2.73. The molecule has 74 valence electrons. The molecule has 0 aromatic heterocycles. The van der Waals surface area contributed by atoms with Crippen molar-refractivity contribution in [2.45, 2.75) is 6.92 Å². The van der Waals surface area contributed by atoms with Gasteiger partial charge in [0.05, 0.1) is 0 Å². The van der Waals surface area contributed by atoms with Crippen LogP contribution < -0.4 is 5.32 Å². The second-order valence-electron chi connectivity index (χ2n) is 2.65. The predicted octanol–water partition coefficient (Wildman–Crippen LogP) is 2.99. The molecule has 1 amide bonds. The van der Waals surface area contributed by atoms with Gasteiger partial charge < -0.3 is 5.32 Å². The van der Waals surface area contributed by atoms with Gasteiger partial charge in [0.1, 0.15) is 5.82 Å². The van der Waals surface area contributed by atoms with Crippen LogP contribution in [-0.2, 0) is 4.79 Å². The van der Waals surface area contributed by atoms with E-state index < -0.39 is 5.82 Å². The normalized spacial score (nSPS) is 10.5.